The van der Waals surface area contributed by atoms with E-state index in [9.17, 15) is 4.79 Å². The number of hydrogen-bond acceptors (Lipinski definition) is 2. The molecule has 1 saturated heterocycles. The molecule has 0 saturated carbocycles. The number of amides is 1. The smallest absolute Gasteiger partial charge is 0.239 e. The van der Waals surface area contributed by atoms with Gasteiger partial charge in [-0.3, -0.25) is 4.79 Å². The first-order valence-electron chi connectivity index (χ1n) is 4.89. The zero-order valence-electron chi connectivity index (χ0n) is 8.03. The molecule has 4 nitrogen and oxygen atoms in total. The largest absolute Gasteiger partial charge is 0.361 e. The van der Waals surface area contributed by atoms with E-state index in [4.69, 9.17) is 5.73 Å². The molecule has 0 aliphatic carbocycles. The lowest BCUT2D eigenvalue weighted by Crippen LogP contribution is -2.60. The normalized spacial score (nSPS) is 25.0. The standard InChI is InChI=1S/C11H11N3O/c12-9-10(14-11(9)15)7-1-2-8-6(5-7)3-4-13-8/h1-5,9-10,13H,12H2,(H,14,15). The molecule has 0 radical (unpaired) electrons. The van der Waals surface area contributed by atoms with Crippen molar-refractivity contribution in [3.8, 4) is 0 Å². The molecule has 1 aliphatic rings. The Bertz CT molecular complexity index is 531. The number of aromatic nitrogens is 1. The number of fused-ring (bicyclic) bond motifs is 1. The first kappa shape index (κ1) is 8.49. The molecule has 3 rings (SSSR count). The molecule has 4 N–H and O–H groups in total. The second-order valence-electron chi connectivity index (χ2n) is 3.84. The molecular weight excluding hydrogens is 190 g/mol. The van der Waals surface area contributed by atoms with E-state index >= 15 is 0 Å². The van der Waals surface area contributed by atoms with Crippen LogP contribution in [0.2, 0.25) is 0 Å². The molecule has 1 amide bonds. The van der Waals surface area contributed by atoms with Gasteiger partial charge in [-0.2, -0.15) is 0 Å². The summed E-state index contributed by atoms with van der Waals surface area (Å²) in [7, 11) is 0. The number of β-lactam (4-membered cyclic amide) rings is 1. The molecule has 76 valence electrons. The number of carbonyl (C=O) groups is 1. The van der Waals surface area contributed by atoms with Crippen molar-refractivity contribution in [1.29, 1.82) is 0 Å². The van der Waals surface area contributed by atoms with E-state index in [0.29, 0.717) is 0 Å². The predicted octanol–water partition coefficient (Wildman–Crippen LogP) is 0.666. The predicted molar refractivity (Wildman–Crippen MR) is 57.2 cm³/mol. The van der Waals surface area contributed by atoms with E-state index in [1.54, 1.807) is 0 Å². The Balaban J connectivity index is 2.01. The maximum Gasteiger partial charge on any atom is 0.239 e. The van der Waals surface area contributed by atoms with Gasteiger partial charge in [0.25, 0.3) is 0 Å². The van der Waals surface area contributed by atoms with Crippen LogP contribution in [0.1, 0.15) is 11.6 Å². The van der Waals surface area contributed by atoms with E-state index in [0.717, 1.165) is 16.5 Å². The Morgan fingerprint density at radius 1 is 1.27 bits per heavy atom. The third-order valence-electron chi connectivity index (χ3n) is 2.90. The van der Waals surface area contributed by atoms with Crippen molar-refractivity contribution in [2.75, 3.05) is 0 Å². The van der Waals surface area contributed by atoms with E-state index in [1.165, 1.54) is 0 Å². The average Bonchev–Trinajstić information content (AvgIpc) is 2.72. The highest BCUT2D eigenvalue weighted by Crippen LogP contribution is 2.25. The fourth-order valence-corrected chi connectivity index (χ4v) is 1.95. The van der Waals surface area contributed by atoms with Crippen molar-refractivity contribution in [3.05, 3.63) is 36.0 Å². The number of rotatable bonds is 1. The highest BCUT2D eigenvalue weighted by Gasteiger charge is 2.36. The van der Waals surface area contributed by atoms with Gasteiger partial charge in [0.05, 0.1) is 6.04 Å². The third-order valence-corrected chi connectivity index (χ3v) is 2.90. The molecule has 1 aromatic carbocycles. The summed E-state index contributed by atoms with van der Waals surface area (Å²) in [4.78, 5) is 14.1. The van der Waals surface area contributed by atoms with Crippen molar-refractivity contribution in [2.45, 2.75) is 12.1 Å². The van der Waals surface area contributed by atoms with Gasteiger partial charge in [-0.15, -0.1) is 0 Å². The number of nitrogens with two attached hydrogens (primary N) is 1. The van der Waals surface area contributed by atoms with Crippen molar-refractivity contribution in [2.24, 2.45) is 5.73 Å². The van der Waals surface area contributed by atoms with Crippen LogP contribution < -0.4 is 11.1 Å². The van der Waals surface area contributed by atoms with Crippen LogP contribution in [0.4, 0.5) is 0 Å². The maximum absolute atomic E-state index is 11.0. The summed E-state index contributed by atoms with van der Waals surface area (Å²) in [5.41, 5.74) is 7.86. The zero-order valence-corrected chi connectivity index (χ0v) is 8.03. The fraction of sp³-hybridized carbons (Fsp3) is 0.182. The Kier molecular flexibility index (Phi) is 1.61. The molecule has 1 aromatic heterocycles. The minimum atomic E-state index is -0.401. The number of hydrogen-bond donors (Lipinski definition) is 3. The van der Waals surface area contributed by atoms with E-state index in [1.807, 2.05) is 24.4 Å². The van der Waals surface area contributed by atoms with Gasteiger partial charge in [0.15, 0.2) is 0 Å². The van der Waals surface area contributed by atoms with Crippen LogP contribution in [-0.4, -0.2) is 16.9 Å². The quantitative estimate of drug-likeness (QED) is 0.593. The van der Waals surface area contributed by atoms with Crippen LogP contribution in [0.3, 0.4) is 0 Å². The molecule has 1 aliphatic heterocycles. The van der Waals surface area contributed by atoms with Gasteiger partial charge in [-0.1, -0.05) is 6.07 Å². The first-order valence-corrected chi connectivity index (χ1v) is 4.89. The number of carbonyl (C=O) groups excluding carboxylic acids is 1. The second-order valence-corrected chi connectivity index (χ2v) is 3.84. The van der Waals surface area contributed by atoms with Gasteiger partial charge in [-0.05, 0) is 29.1 Å². The van der Waals surface area contributed by atoms with Crippen molar-refractivity contribution in [3.63, 3.8) is 0 Å². The summed E-state index contributed by atoms with van der Waals surface area (Å²) >= 11 is 0. The topological polar surface area (TPSA) is 70.9 Å². The van der Waals surface area contributed by atoms with Gasteiger partial charge in [0.1, 0.15) is 6.04 Å². The Morgan fingerprint density at radius 3 is 2.87 bits per heavy atom. The molecule has 2 aromatic rings. The van der Waals surface area contributed by atoms with Gasteiger partial charge in [0, 0.05) is 11.7 Å². The number of H-pyrrole nitrogens is 1. The van der Waals surface area contributed by atoms with Crippen molar-refractivity contribution < 1.29 is 4.79 Å². The molecule has 4 heteroatoms. The lowest BCUT2D eigenvalue weighted by atomic mass is 9.92. The molecule has 2 unspecified atom stereocenters. The molecule has 2 heterocycles. The summed E-state index contributed by atoms with van der Waals surface area (Å²) in [6.07, 6.45) is 1.90. The van der Waals surface area contributed by atoms with Gasteiger partial charge >= 0.3 is 0 Å². The first-order chi connectivity index (χ1) is 7.25. The molecule has 0 bridgehead atoms. The third kappa shape index (κ3) is 1.15. The van der Waals surface area contributed by atoms with E-state index < -0.39 is 6.04 Å². The fourth-order valence-electron chi connectivity index (χ4n) is 1.95. The lowest BCUT2D eigenvalue weighted by molar-refractivity contribution is -0.130. The molecule has 1 fully saturated rings. The minimum Gasteiger partial charge on any atom is -0.361 e. The van der Waals surface area contributed by atoms with Crippen LogP contribution in [0.25, 0.3) is 10.9 Å². The number of aromatic amines is 1. The van der Waals surface area contributed by atoms with Gasteiger partial charge in [-0.25, -0.2) is 0 Å². The van der Waals surface area contributed by atoms with Crippen LogP contribution in [0.5, 0.6) is 0 Å². The summed E-state index contributed by atoms with van der Waals surface area (Å²) < 4.78 is 0. The Morgan fingerprint density at radius 2 is 2.13 bits per heavy atom. The summed E-state index contributed by atoms with van der Waals surface area (Å²) in [5.74, 6) is -0.0748. The van der Waals surface area contributed by atoms with Gasteiger partial charge < -0.3 is 16.0 Å². The lowest BCUT2D eigenvalue weighted by Gasteiger charge is -2.34. The summed E-state index contributed by atoms with van der Waals surface area (Å²) in [6, 6.07) is 7.61. The summed E-state index contributed by atoms with van der Waals surface area (Å²) in [5, 5.41) is 3.93. The van der Waals surface area contributed by atoms with E-state index in [-0.39, 0.29) is 11.9 Å². The monoisotopic (exact) mass is 201 g/mol. The Labute approximate surface area is 86.5 Å². The average molecular weight is 201 g/mol. The molecule has 0 spiro atoms. The van der Waals surface area contributed by atoms with Gasteiger partial charge in [0.2, 0.25) is 5.91 Å². The number of benzene rings is 1. The maximum atomic E-state index is 11.0. The van der Waals surface area contributed by atoms with Crippen molar-refractivity contribution >= 4 is 16.8 Å². The van der Waals surface area contributed by atoms with Crippen molar-refractivity contribution in [1.82, 2.24) is 10.3 Å². The van der Waals surface area contributed by atoms with Crippen LogP contribution in [0.15, 0.2) is 30.5 Å². The molecule has 2 atom stereocenters. The van der Waals surface area contributed by atoms with Crippen LogP contribution in [-0.2, 0) is 4.79 Å². The number of nitrogens with one attached hydrogen (secondary N) is 2. The highest BCUT2D eigenvalue weighted by atomic mass is 16.2. The van der Waals surface area contributed by atoms with Crippen LogP contribution >= 0.6 is 0 Å². The molecular formula is C11H11N3O. The SMILES string of the molecule is NC1C(=O)NC1c1ccc2[nH]ccc2c1. The second kappa shape index (κ2) is 2.84. The molecule has 15 heavy (non-hydrogen) atoms. The summed E-state index contributed by atoms with van der Waals surface area (Å²) in [6.45, 7) is 0. The zero-order chi connectivity index (χ0) is 10.4. The Hall–Kier alpha value is -1.81. The van der Waals surface area contributed by atoms with E-state index in [2.05, 4.69) is 16.4 Å². The van der Waals surface area contributed by atoms with Crippen LogP contribution in [0, 0.1) is 0 Å². The minimum absolute atomic E-state index is 0.0307. The highest BCUT2D eigenvalue weighted by molar-refractivity contribution is 5.90.